The van der Waals surface area contributed by atoms with E-state index in [9.17, 15) is 8.42 Å². The number of rotatable bonds is 13. The number of hydrogen-bond donors (Lipinski definition) is 0. The molecular formula is C15H30N2O3S. The van der Waals surface area contributed by atoms with Crippen LogP contribution in [0.1, 0.15) is 71.1 Å². The molecule has 124 valence electrons. The van der Waals surface area contributed by atoms with Crippen molar-refractivity contribution in [2.45, 2.75) is 71.1 Å². The summed E-state index contributed by atoms with van der Waals surface area (Å²) in [5, 5.41) is 0. The molecule has 1 rings (SSSR count). The van der Waals surface area contributed by atoms with E-state index in [4.69, 9.17) is 4.18 Å². The number of hydrogen-bond acceptors (Lipinski definition) is 4. The van der Waals surface area contributed by atoms with Crippen LogP contribution in [0.2, 0.25) is 0 Å². The second kappa shape index (κ2) is 11.0. The molecule has 0 N–H and O–H groups in total. The van der Waals surface area contributed by atoms with E-state index in [2.05, 4.69) is 11.9 Å². The normalized spacial score (nSPS) is 15.0. The van der Waals surface area contributed by atoms with Gasteiger partial charge in [-0.15, -0.1) is 0 Å². The topological polar surface area (TPSA) is 59.0 Å². The van der Waals surface area contributed by atoms with E-state index < -0.39 is 10.3 Å². The van der Waals surface area contributed by atoms with Gasteiger partial charge in [0.05, 0.1) is 19.7 Å². The third-order valence-electron chi connectivity index (χ3n) is 3.68. The highest BCUT2D eigenvalue weighted by molar-refractivity contribution is 7.84. The van der Waals surface area contributed by atoms with Crippen LogP contribution in [0, 0.1) is 0 Å². The van der Waals surface area contributed by atoms with Crippen LogP contribution in [0.4, 0.5) is 0 Å². The minimum atomic E-state index is -3.59. The fourth-order valence-electron chi connectivity index (χ4n) is 2.35. The van der Waals surface area contributed by atoms with Gasteiger partial charge in [0.25, 0.3) is 0 Å². The maximum atomic E-state index is 11.7. The first-order valence-electron chi connectivity index (χ1n) is 8.33. The second-order valence-electron chi connectivity index (χ2n) is 5.59. The minimum Gasteiger partial charge on any atom is -0.273 e. The summed E-state index contributed by atoms with van der Waals surface area (Å²) in [4.78, 5) is 3.88. The van der Waals surface area contributed by atoms with Crippen molar-refractivity contribution in [2.24, 2.45) is 4.99 Å². The zero-order valence-corrected chi connectivity index (χ0v) is 14.1. The summed E-state index contributed by atoms with van der Waals surface area (Å²) in [7, 11) is -3.59. The quantitative estimate of drug-likeness (QED) is 0.488. The van der Waals surface area contributed by atoms with Crippen molar-refractivity contribution in [3.63, 3.8) is 0 Å². The monoisotopic (exact) mass is 318 g/mol. The standard InChI is InChI=1S/C15H30N2O3S/c1-2-3-4-5-6-7-8-9-10-11-14-20-21(18,19)17-13-12-16-15-17/h15H,2-14H2,1H3. The van der Waals surface area contributed by atoms with Crippen LogP contribution in [-0.2, 0) is 14.5 Å². The summed E-state index contributed by atoms with van der Waals surface area (Å²) in [6.45, 7) is 3.45. The van der Waals surface area contributed by atoms with Crippen LogP contribution in [0.5, 0.6) is 0 Å². The summed E-state index contributed by atoms with van der Waals surface area (Å²) in [6, 6.07) is 0. The molecule has 0 bridgehead atoms. The highest BCUT2D eigenvalue weighted by Crippen LogP contribution is 2.11. The molecule has 1 heterocycles. The highest BCUT2D eigenvalue weighted by Gasteiger charge is 2.21. The predicted octanol–water partition coefficient (Wildman–Crippen LogP) is 3.51. The second-order valence-corrected chi connectivity index (χ2v) is 7.15. The predicted molar refractivity (Wildman–Crippen MR) is 86.8 cm³/mol. The van der Waals surface area contributed by atoms with Gasteiger partial charge >= 0.3 is 10.3 Å². The van der Waals surface area contributed by atoms with Gasteiger partial charge in [-0.3, -0.25) is 9.18 Å². The molecule has 0 aromatic rings. The summed E-state index contributed by atoms with van der Waals surface area (Å²) in [5.74, 6) is 0. The van der Waals surface area contributed by atoms with Crippen molar-refractivity contribution in [3.05, 3.63) is 0 Å². The highest BCUT2D eigenvalue weighted by atomic mass is 32.2. The molecule has 0 spiro atoms. The first-order chi connectivity index (χ1) is 10.2. The van der Waals surface area contributed by atoms with E-state index in [1.165, 1.54) is 62.0 Å². The van der Waals surface area contributed by atoms with Gasteiger partial charge in [0.2, 0.25) is 0 Å². The van der Waals surface area contributed by atoms with Crippen LogP contribution in [0.25, 0.3) is 0 Å². The third-order valence-corrected chi connectivity index (χ3v) is 4.99. The smallest absolute Gasteiger partial charge is 0.273 e. The first kappa shape index (κ1) is 18.4. The van der Waals surface area contributed by atoms with Crippen molar-refractivity contribution < 1.29 is 12.6 Å². The molecule has 0 aliphatic carbocycles. The average molecular weight is 318 g/mol. The Balaban J connectivity index is 1.89. The lowest BCUT2D eigenvalue weighted by Gasteiger charge is -2.13. The SMILES string of the molecule is CCCCCCCCCCCCOS(=O)(=O)N1C=NCC1. The summed E-state index contributed by atoms with van der Waals surface area (Å²) in [5.41, 5.74) is 0. The van der Waals surface area contributed by atoms with Crippen molar-refractivity contribution in [3.8, 4) is 0 Å². The molecule has 0 aromatic carbocycles. The third kappa shape index (κ3) is 8.41. The molecule has 0 fully saturated rings. The van der Waals surface area contributed by atoms with E-state index in [-0.39, 0.29) is 6.61 Å². The molecule has 0 unspecified atom stereocenters. The molecule has 6 heteroatoms. The van der Waals surface area contributed by atoms with Crippen LogP contribution in [-0.4, -0.2) is 38.8 Å². The molecule has 21 heavy (non-hydrogen) atoms. The van der Waals surface area contributed by atoms with E-state index in [1.54, 1.807) is 0 Å². The average Bonchev–Trinajstić information content (AvgIpc) is 3.00. The minimum absolute atomic E-state index is 0.281. The van der Waals surface area contributed by atoms with Crippen molar-refractivity contribution >= 4 is 16.6 Å². The number of nitrogens with zero attached hydrogens (tertiary/aromatic N) is 2. The zero-order chi connectivity index (χ0) is 15.4. The summed E-state index contributed by atoms with van der Waals surface area (Å²) < 4.78 is 29.6. The summed E-state index contributed by atoms with van der Waals surface area (Å²) in [6.07, 6.45) is 13.6. The Morgan fingerprint density at radius 1 is 1.00 bits per heavy atom. The van der Waals surface area contributed by atoms with Crippen LogP contribution in [0.15, 0.2) is 4.99 Å². The fourth-order valence-corrected chi connectivity index (χ4v) is 3.31. The van der Waals surface area contributed by atoms with Gasteiger partial charge in [-0.05, 0) is 6.42 Å². The van der Waals surface area contributed by atoms with E-state index >= 15 is 0 Å². The Morgan fingerprint density at radius 3 is 2.10 bits per heavy atom. The molecular weight excluding hydrogens is 288 g/mol. The lowest BCUT2D eigenvalue weighted by Crippen LogP contribution is -2.30. The van der Waals surface area contributed by atoms with Crippen molar-refractivity contribution in [1.29, 1.82) is 0 Å². The van der Waals surface area contributed by atoms with Crippen molar-refractivity contribution in [2.75, 3.05) is 19.7 Å². The zero-order valence-electron chi connectivity index (χ0n) is 13.3. The molecule has 0 amide bonds. The maximum Gasteiger partial charge on any atom is 0.363 e. The van der Waals surface area contributed by atoms with Gasteiger partial charge in [-0.1, -0.05) is 64.7 Å². The molecule has 0 radical (unpaired) electrons. The van der Waals surface area contributed by atoms with Crippen molar-refractivity contribution in [1.82, 2.24) is 4.31 Å². The van der Waals surface area contributed by atoms with Gasteiger partial charge in [0.15, 0.2) is 0 Å². The van der Waals surface area contributed by atoms with Gasteiger partial charge in [-0.2, -0.15) is 8.42 Å². The van der Waals surface area contributed by atoms with Crippen LogP contribution >= 0.6 is 0 Å². The molecule has 1 aliphatic rings. The molecule has 0 aromatic heterocycles. The van der Waals surface area contributed by atoms with Gasteiger partial charge in [0.1, 0.15) is 6.34 Å². The molecule has 0 saturated carbocycles. The maximum absolute atomic E-state index is 11.7. The van der Waals surface area contributed by atoms with E-state index in [0.29, 0.717) is 13.1 Å². The van der Waals surface area contributed by atoms with Gasteiger partial charge in [-0.25, -0.2) is 4.31 Å². The van der Waals surface area contributed by atoms with Gasteiger partial charge in [0, 0.05) is 0 Å². The summed E-state index contributed by atoms with van der Waals surface area (Å²) >= 11 is 0. The lowest BCUT2D eigenvalue weighted by molar-refractivity contribution is 0.286. The van der Waals surface area contributed by atoms with Crippen LogP contribution in [0.3, 0.4) is 0 Å². The Kier molecular flexibility index (Phi) is 9.67. The van der Waals surface area contributed by atoms with Gasteiger partial charge < -0.3 is 0 Å². The number of unbranched alkanes of at least 4 members (excludes halogenated alkanes) is 9. The largest absolute Gasteiger partial charge is 0.363 e. The first-order valence-corrected chi connectivity index (χ1v) is 9.69. The number of aliphatic imine (C=N–C) groups is 1. The lowest BCUT2D eigenvalue weighted by atomic mass is 10.1. The molecule has 0 atom stereocenters. The Labute approximate surface area is 130 Å². The molecule has 5 nitrogen and oxygen atoms in total. The molecule has 0 saturated heterocycles. The molecule has 1 aliphatic heterocycles. The van der Waals surface area contributed by atoms with E-state index in [0.717, 1.165) is 12.8 Å². The Morgan fingerprint density at radius 2 is 1.57 bits per heavy atom. The fraction of sp³-hybridized carbons (Fsp3) is 0.933. The van der Waals surface area contributed by atoms with E-state index in [1.807, 2.05) is 0 Å². The van der Waals surface area contributed by atoms with Crippen LogP contribution < -0.4 is 0 Å². The Bertz CT molecular complexity index is 382. The Hall–Kier alpha value is -0.620.